The van der Waals surface area contributed by atoms with Crippen LogP contribution in [0.1, 0.15) is 12.5 Å². The molecule has 1 aliphatic heterocycles. The molecule has 5 nitrogen and oxygen atoms in total. The summed E-state index contributed by atoms with van der Waals surface area (Å²) in [4.78, 5) is 15.7. The fourth-order valence-corrected chi connectivity index (χ4v) is 3.10. The van der Waals surface area contributed by atoms with Crippen molar-refractivity contribution in [1.82, 2.24) is 4.98 Å². The number of benzene rings is 2. The van der Waals surface area contributed by atoms with E-state index in [-0.39, 0.29) is 28.4 Å². The molecular weight excluding hydrogens is 294 g/mol. The van der Waals surface area contributed by atoms with E-state index in [9.17, 15) is 15.0 Å². The Balaban J connectivity index is 2.10. The van der Waals surface area contributed by atoms with E-state index in [1.165, 1.54) is 6.07 Å². The topological polar surface area (TPSA) is 82.5 Å². The molecule has 0 aliphatic carbocycles. The molecule has 23 heavy (non-hydrogen) atoms. The highest BCUT2D eigenvalue weighted by atomic mass is 16.5. The van der Waals surface area contributed by atoms with E-state index in [1.54, 1.807) is 18.2 Å². The molecule has 0 saturated carbocycles. The second-order valence-electron chi connectivity index (χ2n) is 5.94. The second kappa shape index (κ2) is 4.52. The number of hydrogen-bond acceptors (Lipinski definition) is 4. The summed E-state index contributed by atoms with van der Waals surface area (Å²) in [6, 6.07) is 6.42. The third-order valence-corrected chi connectivity index (χ3v) is 4.35. The molecule has 1 atom stereocenters. The van der Waals surface area contributed by atoms with Gasteiger partial charge in [0.25, 0.3) is 0 Å². The number of ether oxygens (including phenoxy) is 1. The smallest absolute Gasteiger partial charge is 0.201 e. The van der Waals surface area contributed by atoms with E-state index in [0.29, 0.717) is 34.2 Å². The molecule has 3 aromatic rings. The van der Waals surface area contributed by atoms with Crippen LogP contribution in [0, 0.1) is 0 Å². The molecule has 116 valence electrons. The highest BCUT2D eigenvalue weighted by Crippen LogP contribution is 2.41. The Labute approximate surface area is 131 Å². The number of H-pyrrole nitrogens is 1. The summed E-state index contributed by atoms with van der Waals surface area (Å²) in [5.41, 5.74) is 1.94. The maximum Gasteiger partial charge on any atom is 0.201 e. The number of aromatic nitrogens is 1. The minimum Gasteiger partial charge on any atom is -0.507 e. The van der Waals surface area contributed by atoms with E-state index < -0.39 is 0 Å². The summed E-state index contributed by atoms with van der Waals surface area (Å²) in [6.45, 7) is 5.75. The Morgan fingerprint density at radius 3 is 2.91 bits per heavy atom. The summed E-state index contributed by atoms with van der Waals surface area (Å²) in [5, 5.41) is 21.1. The molecule has 4 rings (SSSR count). The number of aromatic amines is 1. The zero-order valence-electron chi connectivity index (χ0n) is 12.5. The van der Waals surface area contributed by atoms with Crippen molar-refractivity contribution in [3.05, 3.63) is 52.2 Å². The molecule has 1 aromatic heterocycles. The summed E-state index contributed by atoms with van der Waals surface area (Å²) in [7, 11) is 0. The van der Waals surface area contributed by atoms with E-state index in [0.717, 1.165) is 5.57 Å². The largest absolute Gasteiger partial charge is 0.507 e. The van der Waals surface area contributed by atoms with Crippen LogP contribution in [0.5, 0.6) is 17.2 Å². The van der Waals surface area contributed by atoms with Crippen molar-refractivity contribution in [2.45, 2.75) is 19.4 Å². The van der Waals surface area contributed by atoms with Crippen LogP contribution in [0.25, 0.3) is 21.8 Å². The molecule has 5 heteroatoms. The molecule has 0 fully saturated rings. The van der Waals surface area contributed by atoms with E-state index in [2.05, 4.69) is 11.6 Å². The van der Waals surface area contributed by atoms with Crippen LogP contribution >= 0.6 is 0 Å². The normalized spacial score (nSPS) is 16.5. The van der Waals surface area contributed by atoms with E-state index in [4.69, 9.17) is 4.74 Å². The molecule has 0 amide bonds. The maximum absolute atomic E-state index is 12.7. The van der Waals surface area contributed by atoms with Gasteiger partial charge in [0.2, 0.25) is 5.43 Å². The van der Waals surface area contributed by atoms with Crippen molar-refractivity contribution < 1.29 is 14.9 Å². The quantitative estimate of drug-likeness (QED) is 0.477. The number of hydrogen-bond donors (Lipinski definition) is 3. The van der Waals surface area contributed by atoms with Crippen molar-refractivity contribution in [3.63, 3.8) is 0 Å². The lowest BCUT2D eigenvalue weighted by atomic mass is 10.0. The van der Waals surface area contributed by atoms with Crippen LogP contribution in [0.15, 0.2) is 41.2 Å². The molecule has 2 aromatic carbocycles. The number of para-hydroxylation sites is 1. The molecule has 1 unspecified atom stereocenters. The molecule has 1 aliphatic rings. The predicted molar refractivity (Wildman–Crippen MR) is 88.3 cm³/mol. The lowest BCUT2D eigenvalue weighted by molar-refractivity contribution is 0.271. The van der Waals surface area contributed by atoms with Crippen molar-refractivity contribution in [2.24, 2.45) is 0 Å². The van der Waals surface area contributed by atoms with Crippen LogP contribution < -0.4 is 10.2 Å². The van der Waals surface area contributed by atoms with Gasteiger partial charge in [-0.1, -0.05) is 12.6 Å². The average Bonchev–Trinajstić information content (AvgIpc) is 2.93. The van der Waals surface area contributed by atoms with Gasteiger partial charge in [0.05, 0.1) is 21.8 Å². The number of aromatic hydroxyl groups is 2. The van der Waals surface area contributed by atoms with Gasteiger partial charge in [-0.2, -0.15) is 0 Å². The van der Waals surface area contributed by atoms with Gasteiger partial charge < -0.3 is 19.9 Å². The zero-order chi connectivity index (χ0) is 16.3. The highest BCUT2D eigenvalue weighted by Gasteiger charge is 2.29. The van der Waals surface area contributed by atoms with Crippen LogP contribution in [-0.4, -0.2) is 21.3 Å². The molecule has 0 bridgehead atoms. The molecule has 3 N–H and O–H groups in total. The van der Waals surface area contributed by atoms with Gasteiger partial charge in [-0.15, -0.1) is 0 Å². The first-order chi connectivity index (χ1) is 11.0. The highest BCUT2D eigenvalue weighted by molar-refractivity contribution is 5.99. The Bertz CT molecular complexity index is 1050. The predicted octanol–water partition coefficient (Wildman–Crippen LogP) is 2.97. The fourth-order valence-electron chi connectivity index (χ4n) is 3.10. The van der Waals surface area contributed by atoms with E-state index in [1.807, 2.05) is 6.92 Å². The number of phenolic OH excluding ortho intramolecular Hbond substituents is 2. The fraction of sp³-hybridized carbons (Fsp3) is 0.167. The van der Waals surface area contributed by atoms with Gasteiger partial charge in [-0.05, 0) is 24.6 Å². The monoisotopic (exact) mass is 309 g/mol. The van der Waals surface area contributed by atoms with Crippen molar-refractivity contribution >= 4 is 21.8 Å². The van der Waals surface area contributed by atoms with Gasteiger partial charge in [0.15, 0.2) is 0 Å². The third-order valence-electron chi connectivity index (χ3n) is 4.35. The number of phenols is 2. The Hall–Kier alpha value is -2.95. The number of nitrogens with one attached hydrogen (secondary N) is 1. The first kappa shape index (κ1) is 13.7. The van der Waals surface area contributed by atoms with E-state index >= 15 is 0 Å². The van der Waals surface area contributed by atoms with Crippen molar-refractivity contribution in [3.8, 4) is 17.2 Å². The average molecular weight is 309 g/mol. The molecule has 0 saturated heterocycles. The van der Waals surface area contributed by atoms with Crippen LogP contribution in [0.3, 0.4) is 0 Å². The van der Waals surface area contributed by atoms with Crippen molar-refractivity contribution in [1.29, 1.82) is 0 Å². The second-order valence-corrected chi connectivity index (χ2v) is 5.94. The van der Waals surface area contributed by atoms with Crippen molar-refractivity contribution in [2.75, 3.05) is 0 Å². The summed E-state index contributed by atoms with van der Waals surface area (Å²) in [6.07, 6.45) is 0.287. The Morgan fingerprint density at radius 2 is 2.17 bits per heavy atom. The van der Waals surface area contributed by atoms with Gasteiger partial charge in [-0.3, -0.25) is 4.79 Å². The standard InChI is InChI=1S/C18H15NO4/c1-8(2)13-6-10-14(23-13)7-11-15(18(10)22)17(21)9-4-3-5-12(20)16(9)19-11/h3-5,7,13,20,22H,1,6H2,2H3,(H,19,21). The summed E-state index contributed by atoms with van der Waals surface area (Å²) < 4.78 is 5.80. The van der Waals surface area contributed by atoms with Crippen LogP contribution in [0.2, 0.25) is 0 Å². The Morgan fingerprint density at radius 1 is 1.39 bits per heavy atom. The van der Waals surface area contributed by atoms with Gasteiger partial charge in [0, 0.05) is 18.1 Å². The first-order valence-electron chi connectivity index (χ1n) is 7.32. The molecule has 0 spiro atoms. The van der Waals surface area contributed by atoms with Crippen LogP contribution in [0.4, 0.5) is 0 Å². The molecule has 0 radical (unpaired) electrons. The lowest BCUT2D eigenvalue weighted by Crippen LogP contribution is -2.13. The SMILES string of the molecule is C=C(C)C1Cc2c(cc3[nH]c4c(O)cccc4c(=O)c3c2O)O1. The summed E-state index contributed by atoms with van der Waals surface area (Å²) >= 11 is 0. The van der Waals surface area contributed by atoms with Gasteiger partial charge >= 0.3 is 0 Å². The third kappa shape index (κ3) is 1.83. The first-order valence-corrected chi connectivity index (χ1v) is 7.32. The lowest BCUT2D eigenvalue weighted by Gasteiger charge is -2.10. The van der Waals surface area contributed by atoms with Crippen LogP contribution in [-0.2, 0) is 6.42 Å². The summed E-state index contributed by atoms with van der Waals surface area (Å²) in [5.74, 6) is 0.461. The van der Waals surface area contributed by atoms with Gasteiger partial charge in [-0.25, -0.2) is 0 Å². The Kier molecular flexibility index (Phi) is 2.69. The zero-order valence-corrected chi connectivity index (χ0v) is 12.5. The number of fused-ring (bicyclic) bond motifs is 3. The minimum atomic E-state index is -0.316. The number of pyridine rings is 1. The molecular formula is C18H15NO4. The maximum atomic E-state index is 12.7. The number of rotatable bonds is 1. The van der Waals surface area contributed by atoms with Gasteiger partial charge in [0.1, 0.15) is 23.4 Å². The minimum absolute atomic E-state index is 0.0118. The molecule has 2 heterocycles.